The van der Waals surface area contributed by atoms with Crippen molar-refractivity contribution in [2.45, 2.75) is 17.8 Å². The molecule has 0 bridgehead atoms. The topological polar surface area (TPSA) is 73.8 Å². The van der Waals surface area contributed by atoms with Gasteiger partial charge in [0.2, 0.25) is 0 Å². The maximum absolute atomic E-state index is 11.0. The van der Waals surface area contributed by atoms with Crippen LogP contribution in [0.4, 0.5) is 5.69 Å². The van der Waals surface area contributed by atoms with Crippen LogP contribution in [-0.4, -0.2) is 19.7 Å². The lowest BCUT2D eigenvalue weighted by molar-refractivity contribution is -0.385. The van der Waals surface area contributed by atoms with Gasteiger partial charge >= 0.3 is 0 Å². The Labute approximate surface area is 154 Å². The van der Waals surface area contributed by atoms with Crippen LogP contribution in [0.2, 0.25) is 5.02 Å². The molecular weight excluding hydrogens is 360 g/mol. The molecule has 0 radical (unpaired) electrons. The van der Waals surface area contributed by atoms with Crippen molar-refractivity contribution < 1.29 is 4.92 Å². The van der Waals surface area contributed by atoms with Crippen molar-refractivity contribution >= 4 is 29.1 Å². The second-order valence-electron chi connectivity index (χ2n) is 5.48. The van der Waals surface area contributed by atoms with Crippen LogP contribution in [-0.2, 0) is 12.8 Å². The number of benzene rings is 2. The molecule has 0 fully saturated rings. The van der Waals surface area contributed by atoms with E-state index in [1.807, 2.05) is 41.9 Å². The first-order chi connectivity index (χ1) is 12.0. The summed E-state index contributed by atoms with van der Waals surface area (Å²) in [6, 6.07) is 12.5. The highest BCUT2D eigenvalue weighted by molar-refractivity contribution is 7.98. The van der Waals surface area contributed by atoms with Crippen LogP contribution in [0.25, 0.3) is 11.4 Å². The summed E-state index contributed by atoms with van der Waals surface area (Å²) in [4.78, 5) is 10.7. The normalized spacial score (nSPS) is 10.8. The van der Waals surface area contributed by atoms with Gasteiger partial charge < -0.3 is 4.57 Å². The number of nitro benzene ring substituents is 1. The first-order valence-electron chi connectivity index (χ1n) is 7.48. The Hall–Kier alpha value is -2.38. The van der Waals surface area contributed by atoms with Crippen LogP contribution in [0.1, 0.15) is 11.1 Å². The minimum Gasteiger partial charge on any atom is -0.305 e. The summed E-state index contributed by atoms with van der Waals surface area (Å²) in [5, 5.41) is 20.9. The lowest BCUT2D eigenvalue weighted by Gasteiger charge is -2.07. The average molecular weight is 375 g/mol. The third-order valence-electron chi connectivity index (χ3n) is 3.91. The van der Waals surface area contributed by atoms with Gasteiger partial charge in [0, 0.05) is 35.0 Å². The lowest BCUT2D eigenvalue weighted by atomic mass is 10.1. The zero-order valence-electron chi connectivity index (χ0n) is 13.6. The molecule has 0 aliphatic heterocycles. The molecule has 128 valence electrons. The van der Waals surface area contributed by atoms with E-state index in [9.17, 15) is 10.1 Å². The van der Waals surface area contributed by atoms with Crippen molar-refractivity contribution in [3.63, 3.8) is 0 Å². The van der Waals surface area contributed by atoms with Gasteiger partial charge in [0.25, 0.3) is 5.69 Å². The SMILES string of the molecule is Cc1c(CSc2nnc(-c3ccc(Cl)cc3)n2C)cccc1[N+](=O)[O-]. The van der Waals surface area contributed by atoms with Crippen molar-refractivity contribution in [1.82, 2.24) is 14.8 Å². The Morgan fingerprint density at radius 2 is 1.92 bits per heavy atom. The highest BCUT2D eigenvalue weighted by Gasteiger charge is 2.15. The largest absolute Gasteiger partial charge is 0.305 e. The number of nitro groups is 1. The van der Waals surface area contributed by atoms with Gasteiger partial charge in [0.1, 0.15) is 0 Å². The van der Waals surface area contributed by atoms with Crippen LogP contribution >= 0.6 is 23.4 Å². The van der Waals surface area contributed by atoms with Crippen molar-refractivity contribution in [2.24, 2.45) is 7.05 Å². The zero-order chi connectivity index (χ0) is 18.0. The van der Waals surface area contributed by atoms with Crippen molar-refractivity contribution in [3.05, 3.63) is 68.7 Å². The summed E-state index contributed by atoms with van der Waals surface area (Å²) in [6.07, 6.45) is 0. The van der Waals surface area contributed by atoms with E-state index in [0.29, 0.717) is 16.3 Å². The number of thioether (sulfide) groups is 1. The Kier molecular flexibility index (Phi) is 5.06. The molecule has 0 aliphatic carbocycles. The molecule has 3 rings (SSSR count). The standard InChI is InChI=1S/C17H15ClN4O2S/c1-11-13(4-3-5-15(11)22(23)24)10-25-17-20-19-16(21(17)2)12-6-8-14(18)9-7-12/h3-9H,10H2,1-2H3. The van der Waals surface area contributed by atoms with Gasteiger partial charge in [-0.15, -0.1) is 10.2 Å². The summed E-state index contributed by atoms with van der Waals surface area (Å²) in [5.74, 6) is 1.33. The maximum Gasteiger partial charge on any atom is 0.272 e. The number of hydrogen-bond donors (Lipinski definition) is 0. The fourth-order valence-corrected chi connectivity index (χ4v) is 3.56. The number of halogens is 1. The Balaban J connectivity index is 1.80. The van der Waals surface area contributed by atoms with Crippen LogP contribution < -0.4 is 0 Å². The Morgan fingerprint density at radius 3 is 2.60 bits per heavy atom. The molecule has 0 saturated carbocycles. The Bertz CT molecular complexity index is 925. The van der Waals surface area contributed by atoms with Gasteiger partial charge in [-0.05, 0) is 36.8 Å². The monoisotopic (exact) mass is 374 g/mol. The van der Waals surface area contributed by atoms with Crippen molar-refractivity contribution in [1.29, 1.82) is 0 Å². The molecule has 0 N–H and O–H groups in total. The zero-order valence-corrected chi connectivity index (χ0v) is 15.2. The minimum absolute atomic E-state index is 0.137. The molecular formula is C17H15ClN4O2S. The maximum atomic E-state index is 11.0. The second-order valence-corrected chi connectivity index (χ2v) is 6.86. The first-order valence-corrected chi connectivity index (χ1v) is 8.84. The first kappa shape index (κ1) is 17.4. The molecule has 1 heterocycles. The number of hydrogen-bond acceptors (Lipinski definition) is 5. The van der Waals surface area contributed by atoms with Gasteiger partial charge in [0.05, 0.1) is 4.92 Å². The number of nitrogens with zero attached hydrogens (tertiary/aromatic N) is 4. The molecule has 8 heteroatoms. The predicted molar refractivity (Wildman–Crippen MR) is 98.8 cm³/mol. The summed E-state index contributed by atoms with van der Waals surface area (Å²) >= 11 is 7.41. The van der Waals surface area contributed by atoms with Gasteiger partial charge in [-0.3, -0.25) is 10.1 Å². The van der Waals surface area contributed by atoms with E-state index in [4.69, 9.17) is 11.6 Å². The molecule has 0 spiro atoms. The minimum atomic E-state index is -0.357. The fourth-order valence-electron chi connectivity index (χ4n) is 2.46. The van der Waals surface area contributed by atoms with Gasteiger partial charge in [-0.2, -0.15) is 0 Å². The van der Waals surface area contributed by atoms with Gasteiger partial charge in [0.15, 0.2) is 11.0 Å². The number of aromatic nitrogens is 3. The summed E-state index contributed by atoms with van der Waals surface area (Å²) in [6.45, 7) is 1.77. The fraction of sp³-hybridized carbons (Fsp3) is 0.176. The van der Waals surface area contributed by atoms with Crippen LogP contribution in [0.5, 0.6) is 0 Å². The molecule has 0 atom stereocenters. The lowest BCUT2D eigenvalue weighted by Crippen LogP contribution is -1.97. The molecule has 25 heavy (non-hydrogen) atoms. The van der Waals surface area contributed by atoms with Gasteiger partial charge in [-0.1, -0.05) is 35.5 Å². The van der Waals surface area contributed by atoms with Crippen LogP contribution in [0, 0.1) is 17.0 Å². The van der Waals surface area contributed by atoms with E-state index >= 15 is 0 Å². The Morgan fingerprint density at radius 1 is 1.20 bits per heavy atom. The average Bonchev–Trinajstić information content (AvgIpc) is 2.95. The molecule has 0 saturated heterocycles. The molecule has 0 unspecified atom stereocenters. The van der Waals surface area contributed by atoms with E-state index in [-0.39, 0.29) is 10.6 Å². The third-order valence-corrected chi connectivity index (χ3v) is 5.23. The van der Waals surface area contributed by atoms with Gasteiger partial charge in [-0.25, -0.2) is 0 Å². The summed E-state index contributed by atoms with van der Waals surface area (Å²) < 4.78 is 1.90. The highest BCUT2D eigenvalue weighted by Crippen LogP contribution is 2.29. The molecule has 6 nitrogen and oxygen atoms in total. The smallest absolute Gasteiger partial charge is 0.272 e. The van der Waals surface area contributed by atoms with E-state index < -0.39 is 0 Å². The molecule has 0 amide bonds. The van der Waals surface area contributed by atoms with E-state index in [1.54, 1.807) is 13.0 Å². The third kappa shape index (κ3) is 3.67. The highest BCUT2D eigenvalue weighted by atomic mass is 35.5. The summed E-state index contributed by atoms with van der Waals surface area (Å²) in [7, 11) is 1.90. The van der Waals surface area contributed by atoms with Crippen LogP contribution in [0.3, 0.4) is 0 Å². The molecule has 1 aromatic heterocycles. The second kappa shape index (κ2) is 7.25. The van der Waals surface area contributed by atoms with E-state index in [2.05, 4.69) is 10.2 Å². The molecule has 2 aromatic carbocycles. The van der Waals surface area contributed by atoms with Crippen molar-refractivity contribution in [2.75, 3.05) is 0 Å². The van der Waals surface area contributed by atoms with Crippen molar-refractivity contribution in [3.8, 4) is 11.4 Å². The quantitative estimate of drug-likeness (QED) is 0.369. The molecule has 0 aliphatic rings. The summed E-state index contributed by atoms with van der Waals surface area (Å²) in [5.41, 5.74) is 2.66. The predicted octanol–water partition coefficient (Wildman–Crippen LogP) is 4.64. The van der Waals surface area contributed by atoms with E-state index in [0.717, 1.165) is 22.1 Å². The van der Waals surface area contributed by atoms with Crippen LogP contribution in [0.15, 0.2) is 47.6 Å². The molecule has 3 aromatic rings. The number of rotatable bonds is 5. The van der Waals surface area contributed by atoms with E-state index in [1.165, 1.54) is 17.8 Å².